The zero-order chi connectivity index (χ0) is 15.5. The topological polar surface area (TPSA) is 101 Å². The Labute approximate surface area is 124 Å². The molecule has 1 aromatic rings. The van der Waals surface area contributed by atoms with Crippen LogP contribution in [0.3, 0.4) is 0 Å². The second-order valence-corrected chi connectivity index (χ2v) is 7.18. The molecular formula is C13H21N3O4S. The van der Waals surface area contributed by atoms with Crippen molar-refractivity contribution in [1.82, 2.24) is 14.9 Å². The highest BCUT2D eigenvalue weighted by Crippen LogP contribution is 2.29. The molecule has 0 bridgehead atoms. The first-order valence-electron chi connectivity index (χ1n) is 7.12. The first-order valence-corrected chi connectivity index (χ1v) is 8.61. The molecule has 0 saturated heterocycles. The third kappa shape index (κ3) is 3.62. The van der Waals surface area contributed by atoms with Gasteiger partial charge in [-0.3, -0.25) is 5.10 Å². The number of H-pyrrole nitrogens is 1. The zero-order valence-corrected chi connectivity index (χ0v) is 13.1. The van der Waals surface area contributed by atoms with Crippen molar-refractivity contribution in [2.45, 2.75) is 56.5 Å². The van der Waals surface area contributed by atoms with Gasteiger partial charge in [0.2, 0.25) is 0 Å². The van der Waals surface area contributed by atoms with E-state index in [0.717, 1.165) is 32.1 Å². The van der Waals surface area contributed by atoms with Crippen molar-refractivity contribution >= 4 is 16.0 Å². The molecule has 0 spiro atoms. The molecule has 1 heterocycles. The van der Waals surface area contributed by atoms with Crippen molar-refractivity contribution in [3.8, 4) is 0 Å². The highest BCUT2D eigenvalue weighted by Gasteiger charge is 2.35. The third-order valence-electron chi connectivity index (χ3n) is 3.71. The first-order chi connectivity index (χ1) is 9.88. The van der Waals surface area contributed by atoms with Crippen molar-refractivity contribution in [1.29, 1.82) is 0 Å². The molecule has 1 saturated carbocycles. The Balaban J connectivity index is 2.24. The van der Waals surface area contributed by atoms with E-state index in [4.69, 9.17) is 4.74 Å². The van der Waals surface area contributed by atoms with Crippen LogP contribution in [0.15, 0.2) is 11.2 Å². The van der Waals surface area contributed by atoms with E-state index in [1.54, 1.807) is 6.92 Å². The van der Waals surface area contributed by atoms with Crippen LogP contribution in [-0.2, 0) is 14.8 Å². The van der Waals surface area contributed by atoms with Crippen LogP contribution in [0.25, 0.3) is 0 Å². The van der Waals surface area contributed by atoms with Gasteiger partial charge in [-0.2, -0.15) is 5.10 Å². The predicted molar refractivity (Wildman–Crippen MR) is 76.4 cm³/mol. The van der Waals surface area contributed by atoms with Crippen LogP contribution in [0.2, 0.25) is 0 Å². The minimum absolute atomic E-state index is 0.0660. The first kappa shape index (κ1) is 16.0. The number of ether oxygens (including phenoxy) is 1. The molecule has 0 atom stereocenters. The van der Waals surface area contributed by atoms with Crippen molar-refractivity contribution in [3.05, 3.63) is 11.8 Å². The van der Waals surface area contributed by atoms with Gasteiger partial charge in [-0.15, -0.1) is 0 Å². The normalized spacial score (nSPS) is 18.4. The average Bonchev–Trinajstić information content (AvgIpc) is 2.88. The fourth-order valence-electron chi connectivity index (χ4n) is 2.64. The summed E-state index contributed by atoms with van der Waals surface area (Å²) >= 11 is 0. The number of aromatic amines is 1. The Bertz CT molecular complexity index is 603. The van der Waals surface area contributed by atoms with Crippen LogP contribution in [0.1, 0.15) is 56.3 Å². The molecule has 0 unspecified atom stereocenters. The minimum atomic E-state index is -3.84. The van der Waals surface area contributed by atoms with Gasteiger partial charge < -0.3 is 4.74 Å². The summed E-state index contributed by atoms with van der Waals surface area (Å²) in [6.45, 7) is 3.73. The minimum Gasteiger partial charge on any atom is -0.462 e. The monoisotopic (exact) mass is 315 g/mol. The molecule has 8 heteroatoms. The highest BCUT2D eigenvalue weighted by atomic mass is 32.2. The lowest BCUT2D eigenvalue weighted by atomic mass is 9.84. The zero-order valence-electron chi connectivity index (χ0n) is 12.3. The molecule has 2 rings (SSSR count). The summed E-state index contributed by atoms with van der Waals surface area (Å²) < 4.78 is 32.6. The van der Waals surface area contributed by atoms with Crippen LogP contribution in [0, 0.1) is 0 Å². The van der Waals surface area contributed by atoms with Gasteiger partial charge in [0.15, 0.2) is 5.03 Å². The van der Waals surface area contributed by atoms with Crippen LogP contribution in [0.4, 0.5) is 0 Å². The predicted octanol–water partition coefficient (Wildman–Crippen LogP) is 1.59. The molecule has 21 heavy (non-hydrogen) atoms. The van der Waals surface area contributed by atoms with Gasteiger partial charge in [-0.1, -0.05) is 19.3 Å². The van der Waals surface area contributed by atoms with Gasteiger partial charge in [-0.05, 0) is 26.7 Å². The maximum absolute atomic E-state index is 12.5. The van der Waals surface area contributed by atoms with Gasteiger partial charge in [-0.25, -0.2) is 17.9 Å². The van der Waals surface area contributed by atoms with Crippen LogP contribution >= 0.6 is 0 Å². The number of carbonyl (C=O) groups is 1. The smallest absolute Gasteiger partial charge is 0.342 e. The number of rotatable bonds is 5. The molecule has 1 aliphatic rings. The fourth-order valence-corrected chi connectivity index (χ4v) is 4.20. The van der Waals surface area contributed by atoms with Crippen molar-refractivity contribution in [3.63, 3.8) is 0 Å². The van der Waals surface area contributed by atoms with E-state index in [0.29, 0.717) is 0 Å². The standard InChI is InChI=1S/C13H21N3O4S/c1-3-20-12(17)10-9-14-15-11(10)21(18,19)16-13(2)7-5-4-6-8-13/h9,16H,3-8H2,1-2H3,(H,14,15). The lowest BCUT2D eigenvalue weighted by Gasteiger charge is -2.33. The summed E-state index contributed by atoms with van der Waals surface area (Å²) in [6.07, 6.45) is 5.86. The summed E-state index contributed by atoms with van der Waals surface area (Å²) in [5, 5.41) is 5.82. The van der Waals surface area contributed by atoms with Crippen LogP contribution < -0.4 is 4.72 Å². The van der Waals surface area contributed by atoms with Gasteiger partial charge >= 0.3 is 5.97 Å². The van der Waals surface area contributed by atoms with Crippen LogP contribution in [0.5, 0.6) is 0 Å². The van der Waals surface area contributed by atoms with Crippen molar-refractivity contribution < 1.29 is 17.9 Å². The summed E-state index contributed by atoms with van der Waals surface area (Å²) in [4.78, 5) is 11.8. The number of nitrogens with one attached hydrogen (secondary N) is 2. The molecule has 7 nitrogen and oxygen atoms in total. The van der Waals surface area contributed by atoms with E-state index in [9.17, 15) is 13.2 Å². The molecule has 0 radical (unpaired) electrons. The number of hydrogen-bond donors (Lipinski definition) is 2. The molecule has 1 aliphatic carbocycles. The van der Waals surface area contributed by atoms with E-state index in [1.807, 2.05) is 6.92 Å². The van der Waals surface area contributed by atoms with E-state index in [-0.39, 0.29) is 17.2 Å². The fraction of sp³-hybridized carbons (Fsp3) is 0.692. The number of hydrogen-bond acceptors (Lipinski definition) is 5. The van der Waals surface area contributed by atoms with Crippen molar-refractivity contribution in [2.75, 3.05) is 6.61 Å². The molecule has 1 fully saturated rings. The Morgan fingerprint density at radius 1 is 1.43 bits per heavy atom. The summed E-state index contributed by atoms with van der Waals surface area (Å²) in [6, 6.07) is 0. The molecule has 118 valence electrons. The summed E-state index contributed by atoms with van der Waals surface area (Å²) in [5.74, 6) is -0.694. The number of esters is 1. The second-order valence-electron chi connectivity index (χ2n) is 5.56. The lowest BCUT2D eigenvalue weighted by Crippen LogP contribution is -2.47. The van der Waals surface area contributed by atoms with Gasteiger partial charge in [0.05, 0.1) is 12.8 Å². The SMILES string of the molecule is CCOC(=O)c1cn[nH]c1S(=O)(=O)NC1(C)CCCCC1. The Morgan fingerprint density at radius 3 is 2.71 bits per heavy atom. The molecule has 0 aromatic carbocycles. The van der Waals surface area contributed by atoms with Gasteiger partial charge in [0.1, 0.15) is 5.56 Å². The number of carbonyl (C=O) groups excluding carboxylic acids is 1. The van der Waals surface area contributed by atoms with Crippen LogP contribution in [-0.4, -0.2) is 36.7 Å². The van der Waals surface area contributed by atoms with Crippen molar-refractivity contribution in [2.24, 2.45) is 0 Å². The summed E-state index contributed by atoms with van der Waals surface area (Å²) in [5.41, 5.74) is -0.544. The van der Waals surface area contributed by atoms with E-state index in [1.165, 1.54) is 6.20 Å². The second kappa shape index (κ2) is 6.15. The van der Waals surface area contributed by atoms with Gasteiger partial charge in [0.25, 0.3) is 10.0 Å². The van der Waals surface area contributed by atoms with E-state index in [2.05, 4.69) is 14.9 Å². The quantitative estimate of drug-likeness (QED) is 0.803. The van der Waals surface area contributed by atoms with E-state index < -0.39 is 21.5 Å². The number of nitrogens with zero attached hydrogens (tertiary/aromatic N) is 1. The highest BCUT2D eigenvalue weighted by molar-refractivity contribution is 7.89. The third-order valence-corrected chi connectivity index (χ3v) is 5.32. The Morgan fingerprint density at radius 2 is 2.10 bits per heavy atom. The Hall–Kier alpha value is -1.41. The maximum atomic E-state index is 12.5. The largest absolute Gasteiger partial charge is 0.462 e. The average molecular weight is 315 g/mol. The Kier molecular flexibility index (Phi) is 4.67. The van der Waals surface area contributed by atoms with Gasteiger partial charge in [0, 0.05) is 5.54 Å². The number of sulfonamides is 1. The lowest BCUT2D eigenvalue weighted by molar-refractivity contribution is 0.0521. The maximum Gasteiger partial charge on any atom is 0.342 e. The molecule has 0 amide bonds. The molecule has 0 aliphatic heterocycles. The number of aromatic nitrogens is 2. The van der Waals surface area contributed by atoms with E-state index >= 15 is 0 Å². The summed E-state index contributed by atoms with van der Waals surface area (Å²) in [7, 11) is -3.84. The molecule has 1 aromatic heterocycles. The molecule has 2 N–H and O–H groups in total. The molecular weight excluding hydrogens is 294 g/mol.